The molecule has 8 heteroatoms. The van der Waals surface area contributed by atoms with Crippen LogP contribution in [0.25, 0.3) is 0 Å². The van der Waals surface area contributed by atoms with Crippen molar-refractivity contribution in [3.63, 3.8) is 0 Å². The minimum atomic E-state index is -1.37. The number of carboxylic acid groups (broad SMARTS) is 1. The van der Waals surface area contributed by atoms with E-state index in [-0.39, 0.29) is 6.42 Å². The van der Waals surface area contributed by atoms with Gasteiger partial charge in [-0.3, -0.25) is 29.8 Å². The van der Waals surface area contributed by atoms with Gasteiger partial charge in [-0.05, 0) is 6.42 Å². The Morgan fingerprint density at radius 2 is 2.18 bits per heavy atom. The molecule has 1 atom stereocenters. The molecular formula is C9H14N2O6. The lowest BCUT2D eigenvalue weighted by Gasteiger charge is -1.92. The molecule has 1 unspecified atom stereocenters. The van der Waals surface area contributed by atoms with E-state index in [0.29, 0.717) is 6.42 Å². The fourth-order valence-electron chi connectivity index (χ4n) is 1.04. The van der Waals surface area contributed by atoms with Crippen molar-refractivity contribution >= 4 is 17.8 Å². The molecule has 1 aliphatic heterocycles. The Labute approximate surface area is 97.1 Å². The quantitative estimate of drug-likeness (QED) is 0.406. The van der Waals surface area contributed by atoms with Crippen LogP contribution in [0.15, 0.2) is 0 Å². The van der Waals surface area contributed by atoms with Crippen LogP contribution in [0.2, 0.25) is 0 Å². The van der Waals surface area contributed by atoms with Gasteiger partial charge in [0.25, 0.3) is 6.04 Å². The zero-order chi connectivity index (χ0) is 13.4. The fourth-order valence-corrected chi connectivity index (χ4v) is 1.04. The lowest BCUT2D eigenvalue weighted by atomic mass is 10.3. The van der Waals surface area contributed by atoms with E-state index in [0.717, 1.165) is 12.8 Å². The standard InChI is InChI=1S/C5H10O2.C4H4N2O4/c1-2-3-4-5(6)7;7-3-1-2(6(9)10)4(8)5-3/h2-4H2,1H3,(H,6,7);2H,1H2,(H,5,7,8). The number of carbonyl (C=O) groups is 3. The van der Waals surface area contributed by atoms with Gasteiger partial charge in [-0.15, -0.1) is 0 Å². The van der Waals surface area contributed by atoms with Crippen LogP contribution >= 0.6 is 0 Å². The second-order valence-electron chi connectivity index (χ2n) is 3.41. The van der Waals surface area contributed by atoms with E-state index >= 15 is 0 Å². The van der Waals surface area contributed by atoms with Gasteiger partial charge >= 0.3 is 11.9 Å². The number of nitrogens with zero attached hydrogens (tertiary/aromatic N) is 1. The fraction of sp³-hybridized carbons (Fsp3) is 0.667. The van der Waals surface area contributed by atoms with Crippen molar-refractivity contribution in [2.75, 3.05) is 0 Å². The van der Waals surface area contributed by atoms with Gasteiger partial charge in [0.15, 0.2) is 0 Å². The van der Waals surface area contributed by atoms with E-state index in [1.165, 1.54) is 0 Å². The molecule has 0 aromatic heterocycles. The number of nitro groups is 1. The average molecular weight is 246 g/mol. The Morgan fingerprint density at radius 1 is 1.59 bits per heavy atom. The molecular weight excluding hydrogens is 232 g/mol. The first-order valence-electron chi connectivity index (χ1n) is 5.07. The smallest absolute Gasteiger partial charge is 0.303 e. The molecule has 1 aliphatic rings. The molecule has 1 fully saturated rings. The van der Waals surface area contributed by atoms with Crippen molar-refractivity contribution in [2.24, 2.45) is 0 Å². The largest absolute Gasteiger partial charge is 0.481 e. The second kappa shape index (κ2) is 7.31. The van der Waals surface area contributed by atoms with Crippen LogP contribution in [-0.4, -0.2) is 33.9 Å². The topological polar surface area (TPSA) is 127 Å². The summed E-state index contributed by atoms with van der Waals surface area (Å²) in [7, 11) is 0. The Bertz CT molecular complexity index is 327. The van der Waals surface area contributed by atoms with Crippen molar-refractivity contribution in [2.45, 2.75) is 38.6 Å². The van der Waals surface area contributed by atoms with Crippen LogP contribution < -0.4 is 5.32 Å². The molecule has 96 valence electrons. The molecule has 2 amide bonds. The third kappa shape index (κ3) is 6.23. The maximum absolute atomic E-state index is 10.5. The number of hydrogen-bond acceptors (Lipinski definition) is 5. The summed E-state index contributed by atoms with van der Waals surface area (Å²) < 4.78 is 0. The Balaban J connectivity index is 0.000000325. The SMILES string of the molecule is CCCCC(=O)O.O=C1CC([N+](=O)[O-])C(=O)N1. The normalized spacial score (nSPS) is 18.1. The van der Waals surface area contributed by atoms with Crippen molar-refractivity contribution < 1.29 is 24.4 Å². The van der Waals surface area contributed by atoms with Crippen LogP contribution in [0.3, 0.4) is 0 Å². The molecule has 1 saturated heterocycles. The Hall–Kier alpha value is -1.99. The van der Waals surface area contributed by atoms with E-state index in [1.807, 2.05) is 12.2 Å². The molecule has 0 spiro atoms. The number of nitrogens with one attached hydrogen (secondary N) is 1. The zero-order valence-electron chi connectivity index (χ0n) is 9.34. The number of amides is 2. The molecule has 0 saturated carbocycles. The van der Waals surface area contributed by atoms with Crippen molar-refractivity contribution in [1.82, 2.24) is 5.32 Å². The van der Waals surface area contributed by atoms with E-state index in [2.05, 4.69) is 0 Å². The van der Waals surface area contributed by atoms with Crippen molar-refractivity contribution in [3.8, 4) is 0 Å². The molecule has 8 nitrogen and oxygen atoms in total. The maximum Gasteiger partial charge on any atom is 0.303 e. The third-order valence-electron chi connectivity index (χ3n) is 1.94. The Kier molecular flexibility index (Phi) is 6.46. The van der Waals surface area contributed by atoms with E-state index in [4.69, 9.17) is 5.11 Å². The molecule has 0 aromatic rings. The molecule has 0 radical (unpaired) electrons. The molecule has 2 N–H and O–H groups in total. The first-order chi connectivity index (χ1) is 7.88. The monoisotopic (exact) mass is 246 g/mol. The highest BCUT2D eigenvalue weighted by Gasteiger charge is 2.39. The summed E-state index contributed by atoms with van der Waals surface area (Å²) in [5, 5.41) is 19.8. The van der Waals surface area contributed by atoms with E-state index in [1.54, 1.807) is 0 Å². The number of aliphatic carboxylic acids is 1. The summed E-state index contributed by atoms with van der Waals surface area (Å²) in [6, 6.07) is -1.37. The molecule has 1 rings (SSSR count). The first kappa shape index (κ1) is 15.0. The van der Waals surface area contributed by atoms with Crippen LogP contribution in [0.1, 0.15) is 32.6 Å². The van der Waals surface area contributed by atoms with Crippen molar-refractivity contribution in [1.29, 1.82) is 0 Å². The number of unbranched alkanes of at least 4 members (excludes halogenated alkanes) is 1. The van der Waals surface area contributed by atoms with Gasteiger partial charge < -0.3 is 5.11 Å². The summed E-state index contributed by atoms with van der Waals surface area (Å²) in [5.74, 6) is -2.08. The van der Waals surface area contributed by atoms with Crippen LogP contribution in [0, 0.1) is 10.1 Å². The molecule has 0 aliphatic carbocycles. The molecule has 1 heterocycles. The van der Waals surface area contributed by atoms with E-state index in [9.17, 15) is 24.5 Å². The summed E-state index contributed by atoms with van der Waals surface area (Å²) in [6.07, 6.45) is 1.75. The minimum Gasteiger partial charge on any atom is -0.481 e. The zero-order valence-corrected chi connectivity index (χ0v) is 9.34. The van der Waals surface area contributed by atoms with Gasteiger partial charge in [0, 0.05) is 11.3 Å². The molecule has 17 heavy (non-hydrogen) atoms. The van der Waals surface area contributed by atoms with Crippen LogP contribution in [0.4, 0.5) is 0 Å². The van der Waals surface area contributed by atoms with Crippen LogP contribution in [-0.2, 0) is 14.4 Å². The number of carbonyl (C=O) groups excluding carboxylic acids is 2. The summed E-state index contributed by atoms with van der Waals surface area (Å²) in [6.45, 7) is 1.98. The van der Waals surface area contributed by atoms with E-state index < -0.39 is 28.7 Å². The summed E-state index contributed by atoms with van der Waals surface area (Å²) in [5.41, 5.74) is 0. The molecule has 0 bridgehead atoms. The predicted octanol–water partition coefficient (Wildman–Crippen LogP) is -0.0606. The van der Waals surface area contributed by atoms with Gasteiger partial charge in [0.2, 0.25) is 5.91 Å². The third-order valence-corrected chi connectivity index (χ3v) is 1.94. The number of hydrogen-bond donors (Lipinski definition) is 2. The number of imide groups is 1. The summed E-state index contributed by atoms with van der Waals surface area (Å²) in [4.78, 5) is 39.7. The van der Waals surface area contributed by atoms with Gasteiger partial charge in [0.05, 0.1) is 0 Å². The molecule has 0 aromatic carbocycles. The van der Waals surface area contributed by atoms with Gasteiger partial charge in [-0.25, -0.2) is 0 Å². The Morgan fingerprint density at radius 3 is 2.35 bits per heavy atom. The number of rotatable bonds is 4. The average Bonchev–Trinajstić information content (AvgIpc) is 2.56. The van der Waals surface area contributed by atoms with Gasteiger partial charge in [-0.2, -0.15) is 0 Å². The minimum absolute atomic E-state index is 0.316. The predicted molar refractivity (Wildman–Crippen MR) is 55.7 cm³/mol. The number of carboxylic acids is 1. The highest BCUT2D eigenvalue weighted by Crippen LogP contribution is 2.03. The van der Waals surface area contributed by atoms with Crippen molar-refractivity contribution in [3.05, 3.63) is 10.1 Å². The first-order valence-corrected chi connectivity index (χ1v) is 5.07. The van der Waals surface area contributed by atoms with Gasteiger partial charge in [-0.1, -0.05) is 13.3 Å². The summed E-state index contributed by atoms with van der Waals surface area (Å²) >= 11 is 0. The highest BCUT2D eigenvalue weighted by atomic mass is 16.6. The lowest BCUT2D eigenvalue weighted by molar-refractivity contribution is -0.504. The maximum atomic E-state index is 10.5. The second-order valence-corrected chi connectivity index (χ2v) is 3.41. The highest BCUT2D eigenvalue weighted by molar-refractivity contribution is 6.04. The lowest BCUT2D eigenvalue weighted by Crippen LogP contribution is -2.29. The van der Waals surface area contributed by atoms with Crippen LogP contribution in [0.5, 0.6) is 0 Å². The van der Waals surface area contributed by atoms with Gasteiger partial charge in [0.1, 0.15) is 6.42 Å².